The Balaban J connectivity index is 2.87. The van der Waals surface area contributed by atoms with Gasteiger partial charge in [-0.25, -0.2) is 4.98 Å². The van der Waals surface area contributed by atoms with E-state index in [1.54, 1.807) is 11.3 Å². The molecule has 1 rings (SSSR count). The van der Waals surface area contributed by atoms with Crippen LogP contribution in [0.25, 0.3) is 0 Å². The summed E-state index contributed by atoms with van der Waals surface area (Å²) in [7, 11) is 0. The van der Waals surface area contributed by atoms with Crippen molar-refractivity contribution in [3.63, 3.8) is 0 Å². The fourth-order valence-corrected chi connectivity index (χ4v) is 1.80. The average molecular weight is 169 g/mol. The monoisotopic (exact) mass is 169 g/mol. The van der Waals surface area contributed by atoms with Crippen LogP contribution in [0.5, 0.6) is 0 Å². The number of aliphatic hydroxyl groups is 1. The van der Waals surface area contributed by atoms with Gasteiger partial charge in [0.1, 0.15) is 5.01 Å². The molecule has 0 radical (unpaired) electrons. The first-order valence-corrected chi connectivity index (χ1v) is 4.26. The van der Waals surface area contributed by atoms with Crippen LogP contribution in [0.3, 0.4) is 0 Å². The Morgan fingerprint density at radius 2 is 2.45 bits per heavy atom. The summed E-state index contributed by atoms with van der Waals surface area (Å²) in [6.45, 7) is 5.65. The molecule has 0 amide bonds. The van der Waals surface area contributed by atoms with E-state index in [1.807, 2.05) is 13.0 Å². The van der Waals surface area contributed by atoms with E-state index in [4.69, 9.17) is 5.11 Å². The zero-order chi connectivity index (χ0) is 8.27. The van der Waals surface area contributed by atoms with Crippen LogP contribution in [-0.2, 0) is 13.0 Å². The Morgan fingerprint density at radius 1 is 1.73 bits per heavy atom. The highest BCUT2D eigenvalue weighted by Gasteiger charge is 2.03. The van der Waals surface area contributed by atoms with E-state index in [0.29, 0.717) is 0 Å². The van der Waals surface area contributed by atoms with Crippen molar-refractivity contribution in [1.82, 2.24) is 4.98 Å². The molecule has 11 heavy (non-hydrogen) atoms. The third kappa shape index (κ3) is 1.88. The minimum atomic E-state index is 0.0443. The molecule has 0 aromatic carbocycles. The van der Waals surface area contributed by atoms with Gasteiger partial charge in [0.15, 0.2) is 0 Å². The normalized spacial score (nSPS) is 10.0. The minimum absolute atomic E-state index is 0.0443. The Bertz CT molecular complexity index is 255. The minimum Gasteiger partial charge on any atom is -0.389 e. The van der Waals surface area contributed by atoms with Gasteiger partial charge >= 0.3 is 0 Å². The summed E-state index contributed by atoms with van der Waals surface area (Å²) in [5.41, 5.74) is 1.01. The van der Waals surface area contributed by atoms with Crippen molar-refractivity contribution < 1.29 is 5.11 Å². The SMILES string of the molecule is C=CCc1sc(CO)nc1C. The molecule has 0 spiro atoms. The van der Waals surface area contributed by atoms with Gasteiger partial charge in [-0.1, -0.05) is 6.08 Å². The average Bonchev–Trinajstić information content (AvgIpc) is 2.33. The van der Waals surface area contributed by atoms with Crippen LogP contribution in [0.15, 0.2) is 12.7 Å². The molecule has 0 fully saturated rings. The van der Waals surface area contributed by atoms with E-state index in [9.17, 15) is 0 Å². The second kappa shape index (κ2) is 3.64. The van der Waals surface area contributed by atoms with Crippen LogP contribution in [0.2, 0.25) is 0 Å². The third-order valence-electron chi connectivity index (χ3n) is 1.40. The largest absolute Gasteiger partial charge is 0.389 e. The maximum atomic E-state index is 8.77. The van der Waals surface area contributed by atoms with Crippen molar-refractivity contribution in [3.05, 3.63) is 28.2 Å². The molecular weight excluding hydrogens is 158 g/mol. The quantitative estimate of drug-likeness (QED) is 0.698. The molecule has 1 heterocycles. The summed E-state index contributed by atoms with van der Waals surface area (Å²) < 4.78 is 0. The Labute approximate surface area is 70.2 Å². The van der Waals surface area contributed by atoms with Gasteiger partial charge in [0.25, 0.3) is 0 Å². The number of thiazole rings is 1. The second-order valence-corrected chi connectivity index (χ2v) is 3.44. The molecule has 0 aliphatic rings. The van der Waals surface area contributed by atoms with E-state index < -0.39 is 0 Å². The molecule has 3 heteroatoms. The predicted octanol–water partition coefficient (Wildman–Crippen LogP) is 1.67. The molecule has 0 atom stereocenters. The zero-order valence-electron chi connectivity index (χ0n) is 6.50. The lowest BCUT2D eigenvalue weighted by atomic mass is 10.3. The van der Waals surface area contributed by atoms with Crippen molar-refractivity contribution >= 4 is 11.3 Å². The molecule has 0 aliphatic heterocycles. The smallest absolute Gasteiger partial charge is 0.119 e. The number of aliphatic hydroxyl groups excluding tert-OH is 1. The van der Waals surface area contributed by atoms with Crippen molar-refractivity contribution in [2.45, 2.75) is 20.0 Å². The molecule has 0 saturated heterocycles. The number of allylic oxidation sites excluding steroid dienone is 1. The fourth-order valence-electron chi connectivity index (χ4n) is 0.876. The molecule has 0 aliphatic carbocycles. The highest BCUT2D eigenvalue weighted by molar-refractivity contribution is 7.11. The molecule has 1 aromatic heterocycles. The maximum Gasteiger partial charge on any atom is 0.119 e. The van der Waals surface area contributed by atoms with Crippen LogP contribution in [0, 0.1) is 6.92 Å². The highest BCUT2D eigenvalue weighted by Crippen LogP contribution is 2.18. The van der Waals surface area contributed by atoms with Gasteiger partial charge in [0, 0.05) is 11.3 Å². The number of aromatic nitrogens is 1. The molecule has 0 bridgehead atoms. The van der Waals surface area contributed by atoms with Gasteiger partial charge < -0.3 is 5.11 Å². The lowest BCUT2D eigenvalue weighted by Crippen LogP contribution is -1.81. The Morgan fingerprint density at radius 3 is 2.91 bits per heavy atom. The number of aryl methyl sites for hydroxylation is 1. The van der Waals surface area contributed by atoms with E-state index in [2.05, 4.69) is 11.6 Å². The van der Waals surface area contributed by atoms with E-state index in [1.165, 1.54) is 4.88 Å². The number of nitrogens with zero attached hydrogens (tertiary/aromatic N) is 1. The summed E-state index contributed by atoms with van der Waals surface area (Å²) in [6, 6.07) is 0. The second-order valence-electron chi connectivity index (χ2n) is 2.27. The number of hydrogen-bond donors (Lipinski definition) is 1. The van der Waals surface area contributed by atoms with Gasteiger partial charge in [-0.2, -0.15) is 0 Å². The van der Waals surface area contributed by atoms with Crippen LogP contribution >= 0.6 is 11.3 Å². The topological polar surface area (TPSA) is 33.1 Å². The van der Waals surface area contributed by atoms with Crippen LogP contribution in [0.1, 0.15) is 15.6 Å². The van der Waals surface area contributed by atoms with Crippen molar-refractivity contribution in [2.24, 2.45) is 0 Å². The van der Waals surface area contributed by atoms with E-state index in [0.717, 1.165) is 17.1 Å². The van der Waals surface area contributed by atoms with Crippen molar-refractivity contribution in [2.75, 3.05) is 0 Å². The van der Waals surface area contributed by atoms with Gasteiger partial charge in [0.2, 0.25) is 0 Å². The first kappa shape index (κ1) is 8.43. The van der Waals surface area contributed by atoms with Gasteiger partial charge in [-0.3, -0.25) is 0 Å². The third-order valence-corrected chi connectivity index (χ3v) is 2.57. The number of hydrogen-bond acceptors (Lipinski definition) is 3. The lowest BCUT2D eigenvalue weighted by Gasteiger charge is -1.87. The molecular formula is C8H11NOS. The first-order valence-electron chi connectivity index (χ1n) is 3.45. The van der Waals surface area contributed by atoms with Gasteiger partial charge in [-0.05, 0) is 6.92 Å². The van der Waals surface area contributed by atoms with Crippen molar-refractivity contribution in [1.29, 1.82) is 0 Å². The summed E-state index contributed by atoms with van der Waals surface area (Å²) in [4.78, 5) is 5.37. The summed E-state index contributed by atoms with van der Waals surface area (Å²) >= 11 is 1.55. The number of rotatable bonds is 3. The molecule has 0 unspecified atom stereocenters. The summed E-state index contributed by atoms with van der Waals surface area (Å²) in [5, 5.41) is 9.56. The van der Waals surface area contributed by atoms with Gasteiger partial charge in [-0.15, -0.1) is 17.9 Å². The Kier molecular flexibility index (Phi) is 2.79. The fraction of sp³-hybridized carbons (Fsp3) is 0.375. The standard InChI is InChI=1S/C8H11NOS/c1-3-4-7-6(2)9-8(5-10)11-7/h3,10H,1,4-5H2,2H3. The predicted molar refractivity (Wildman–Crippen MR) is 46.7 cm³/mol. The van der Waals surface area contributed by atoms with Crippen LogP contribution in [0.4, 0.5) is 0 Å². The molecule has 0 saturated carbocycles. The van der Waals surface area contributed by atoms with E-state index >= 15 is 0 Å². The molecule has 2 nitrogen and oxygen atoms in total. The first-order chi connectivity index (χ1) is 5.27. The van der Waals surface area contributed by atoms with Crippen molar-refractivity contribution in [3.8, 4) is 0 Å². The molecule has 1 aromatic rings. The summed E-state index contributed by atoms with van der Waals surface area (Å²) in [6.07, 6.45) is 2.70. The maximum absolute atomic E-state index is 8.77. The van der Waals surface area contributed by atoms with Crippen LogP contribution < -0.4 is 0 Å². The zero-order valence-corrected chi connectivity index (χ0v) is 7.32. The highest BCUT2D eigenvalue weighted by atomic mass is 32.1. The summed E-state index contributed by atoms with van der Waals surface area (Å²) in [5.74, 6) is 0. The Hall–Kier alpha value is -0.670. The van der Waals surface area contributed by atoms with E-state index in [-0.39, 0.29) is 6.61 Å². The van der Waals surface area contributed by atoms with Gasteiger partial charge in [0.05, 0.1) is 12.3 Å². The van der Waals surface area contributed by atoms with Crippen LogP contribution in [-0.4, -0.2) is 10.1 Å². The molecule has 60 valence electrons. The molecule has 1 N–H and O–H groups in total. The lowest BCUT2D eigenvalue weighted by molar-refractivity contribution is 0.281.